The molecule has 0 bridgehead atoms. The summed E-state index contributed by atoms with van der Waals surface area (Å²) in [6, 6.07) is 7.49. The molecule has 0 radical (unpaired) electrons. The van der Waals surface area contributed by atoms with Crippen LogP contribution in [-0.4, -0.2) is 18.0 Å². The zero-order valence-corrected chi connectivity index (χ0v) is 8.31. The van der Waals surface area contributed by atoms with Crippen LogP contribution >= 0.6 is 0 Å². The number of oxime groups is 1. The summed E-state index contributed by atoms with van der Waals surface area (Å²) in [4.78, 5) is 0. The lowest BCUT2D eigenvalue weighted by atomic mass is 10.2. The summed E-state index contributed by atoms with van der Waals surface area (Å²) in [5, 5.41) is 11.4. The van der Waals surface area contributed by atoms with Gasteiger partial charge in [-0.05, 0) is 18.6 Å². The van der Waals surface area contributed by atoms with E-state index < -0.39 is 0 Å². The van der Waals surface area contributed by atoms with E-state index in [-0.39, 0.29) is 0 Å². The van der Waals surface area contributed by atoms with Crippen LogP contribution < -0.4 is 4.74 Å². The lowest BCUT2D eigenvalue weighted by Crippen LogP contribution is -1.99. The molecular formula is C11H15NO2. The monoisotopic (exact) mass is 193 g/mol. The average Bonchev–Trinajstić information content (AvgIpc) is 2.21. The molecule has 0 spiro atoms. The van der Waals surface area contributed by atoms with Crippen LogP contribution in [0.5, 0.6) is 5.75 Å². The molecular weight excluding hydrogens is 178 g/mol. The molecule has 0 fully saturated rings. The number of rotatable bonds is 5. The molecule has 0 aliphatic carbocycles. The fourth-order valence-electron chi connectivity index (χ4n) is 1.11. The second-order valence-electron chi connectivity index (χ2n) is 2.98. The van der Waals surface area contributed by atoms with E-state index in [2.05, 4.69) is 12.1 Å². The molecule has 0 heterocycles. The number of unbranched alkanes of at least 4 members (excludes halogenated alkanes) is 1. The van der Waals surface area contributed by atoms with E-state index in [4.69, 9.17) is 9.94 Å². The zero-order valence-electron chi connectivity index (χ0n) is 8.31. The second-order valence-corrected chi connectivity index (χ2v) is 2.98. The molecule has 1 rings (SSSR count). The first kappa shape index (κ1) is 10.6. The predicted octanol–water partition coefficient (Wildman–Crippen LogP) is 2.67. The molecule has 0 atom stereocenters. The normalized spacial score (nSPS) is 10.6. The van der Waals surface area contributed by atoms with Gasteiger partial charge < -0.3 is 9.94 Å². The van der Waals surface area contributed by atoms with Gasteiger partial charge in [0.25, 0.3) is 0 Å². The Morgan fingerprint density at radius 1 is 1.43 bits per heavy atom. The first-order valence-corrected chi connectivity index (χ1v) is 4.77. The van der Waals surface area contributed by atoms with Crippen LogP contribution in [0.3, 0.4) is 0 Å². The summed E-state index contributed by atoms with van der Waals surface area (Å²) in [6.45, 7) is 2.82. The first-order chi connectivity index (χ1) is 6.88. The van der Waals surface area contributed by atoms with Crippen molar-refractivity contribution in [2.24, 2.45) is 5.16 Å². The maximum Gasteiger partial charge on any atom is 0.128 e. The van der Waals surface area contributed by atoms with E-state index >= 15 is 0 Å². The van der Waals surface area contributed by atoms with Gasteiger partial charge >= 0.3 is 0 Å². The third-order valence-corrected chi connectivity index (χ3v) is 1.87. The van der Waals surface area contributed by atoms with Gasteiger partial charge in [0, 0.05) is 5.56 Å². The maximum absolute atomic E-state index is 8.43. The molecule has 0 aromatic heterocycles. The van der Waals surface area contributed by atoms with Crippen molar-refractivity contribution in [1.82, 2.24) is 0 Å². The summed E-state index contributed by atoms with van der Waals surface area (Å²) in [5.41, 5.74) is 0.797. The molecule has 0 unspecified atom stereocenters. The van der Waals surface area contributed by atoms with E-state index in [1.54, 1.807) is 0 Å². The largest absolute Gasteiger partial charge is 0.493 e. The van der Waals surface area contributed by atoms with Crippen molar-refractivity contribution in [1.29, 1.82) is 0 Å². The molecule has 0 aliphatic heterocycles. The van der Waals surface area contributed by atoms with Crippen molar-refractivity contribution < 1.29 is 9.94 Å². The topological polar surface area (TPSA) is 41.8 Å². The highest BCUT2D eigenvalue weighted by Crippen LogP contribution is 2.15. The first-order valence-electron chi connectivity index (χ1n) is 4.77. The minimum Gasteiger partial charge on any atom is -0.493 e. The van der Waals surface area contributed by atoms with Crippen LogP contribution in [0.2, 0.25) is 0 Å². The molecule has 3 nitrogen and oxygen atoms in total. The lowest BCUT2D eigenvalue weighted by Gasteiger charge is -2.07. The number of para-hydroxylation sites is 1. The molecule has 3 heteroatoms. The SMILES string of the molecule is CCCCOc1ccccc1C=NO. The molecule has 0 aliphatic rings. The van der Waals surface area contributed by atoms with E-state index in [0.717, 1.165) is 24.2 Å². The Morgan fingerprint density at radius 3 is 2.93 bits per heavy atom. The van der Waals surface area contributed by atoms with Crippen molar-refractivity contribution in [3.05, 3.63) is 29.8 Å². The van der Waals surface area contributed by atoms with Crippen LogP contribution in [0.25, 0.3) is 0 Å². The Bertz CT molecular complexity index is 297. The number of hydrogen-bond donors (Lipinski definition) is 1. The van der Waals surface area contributed by atoms with Crippen LogP contribution in [0.4, 0.5) is 0 Å². The standard InChI is InChI=1S/C11H15NO2/c1-2-3-8-14-11-7-5-4-6-10(11)9-12-13/h4-7,9,13H,2-3,8H2,1H3. The highest BCUT2D eigenvalue weighted by Gasteiger charge is 1.99. The highest BCUT2D eigenvalue weighted by atomic mass is 16.5. The molecule has 1 aromatic carbocycles. The van der Waals surface area contributed by atoms with Crippen molar-refractivity contribution in [2.45, 2.75) is 19.8 Å². The van der Waals surface area contributed by atoms with Crippen molar-refractivity contribution >= 4 is 6.21 Å². The van der Waals surface area contributed by atoms with Crippen LogP contribution in [0.1, 0.15) is 25.3 Å². The van der Waals surface area contributed by atoms with Crippen LogP contribution in [0.15, 0.2) is 29.4 Å². The minimum atomic E-state index is 0.701. The summed E-state index contributed by atoms with van der Waals surface area (Å²) < 4.78 is 5.53. The minimum absolute atomic E-state index is 0.701. The van der Waals surface area contributed by atoms with Gasteiger partial charge in [0.2, 0.25) is 0 Å². The Balaban J connectivity index is 2.64. The second kappa shape index (κ2) is 6.02. The predicted molar refractivity (Wildman–Crippen MR) is 56.2 cm³/mol. The fraction of sp³-hybridized carbons (Fsp3) is 0.364. The lowest BCUT2D eigenvalue weighted by molar-refractivity contribution is 0.307. The smallest absolute Gasteiger partial charge is 0.128 e. The Labute approximate surface area is 84.0 Å². The third-order valence-electron chi connectivity index (χ3n) is 1.87. The molecule has 0 saturated carbocycles. The van der Waals surface area contributed by atoms with Gasteiger partial charge in [-0.1, -0.05) is 30.6 Å². The van der Waals surface area contributed by atoms with Crippen LogP contribution in [-0.2, 0) is 0 Å². The fourth-order valence-corrected chi connectivity index (χ4v) is 1.11. The molecule has 0 amide bonds. The number of benzene rings is 1. The summed E-state index contributed by atoms with van der Waals surface area (Å²) in [5.74, 6) is 0.763. The Hall–Kier alpha value is -1.51. The number of ether oxygens (including phenoxy) is 1. The third kappa shape index (κ3) is 3.09. The van der Waals surface area contributed by atoms with Gasteiger partial charge in [0.15, 0.2) is 0 Å². The van der Waals surface area contributed by atoms with Gasteiger partial charge in [-0.15, -0.1) is 0 Å². The number of hydrogen-bond acceptors (Lipinski definition) is 3. The summed E-state index contributed by atoms with van der Waals surface area (Å²) in [6.07, 6.45) is 3.52. The van der Waals surface area contributed by atoms with Gasteiger partial charge in [-0.25, -0.2) is 0 Å². The molecule has 1 N–H and O–H groups in total. The summed E-state index contributed by atoms with van der Waals surface area (Å²) >= 11 is 0. The average molecular weight is 193 g/mol. The maximum atomic E-state index is 8.43. The van der Waals surface area contributed by atoms with Gasteiger partial charge in [-0.3, -0.25) is 0 Å². The Morgan fingerprint density at radius 2 is 2.21 bits per heavy atom. The number of nitrogens with zero attached hydrogens (tertiary/aromatic N) is 1. The van der Waals surface area contributed by atoms with E-state index in [9.17, 15) is 0 Å². The van der Waals surface area contributed by atoms with Crippen molar-refractivity contribution in [2.75, 3.05) is 6.61 Å². The Kier molecular flexibility index (Phi) is 4.55. The van der Waals surface area contributed by atoms with Crippen LogP contribution in [0, 0.1) is 0 Å². The van der Waals surface area contributed by atoms with Crippen molar-refractivity contribution in [3.8, 4) is 5.75 Å². The van der Waals surface area contributed by atoms with Gasteiger partial charge in [0.1, 0.15) is 5.75 Å². The molecule has 0 saturated heterocycles. The van der Waals surface area contributed by atoms with Crippen molar-refractivity contribution in [3.63, 3.8) is 0 Å². The highest BCUT2D eigenvalue weighted by molar-refractivity contribution is 5.82. The van der Waals surface area contributed by atoms with E-state index in [0.29, 0.717) is 6.61 Å². The molecule has 76 valence electrons. The molecule has 14 heavy (non-hydrogen) atoms. The molecule has 1 aromatic rings. The van der Waals surface area contributed by atoms with E-state index in [1.807, 2.05) is 24.3 Å². The van der Waals surface area contributed by atoms with Gasteiger partial charge in [0.05, 0.1) is 12.8 Å². The zero-order chi connectivity index (χ0) is 10.2. The quantitative estimate of drug-likeness (QED) is 0.338. The van der Waals surface area contributed by atoms with Gasteiger partial charge in [-0.2, -0.15) is 0 Å². The summed E-state index contributed by atoms with van der Waals surface area (Å²) in [7, 11) is 0. The van der Waals surface area contributed by atoms with E-state index in [1.165, 1.54) is 6.21 Å².